The summed E-state index contributed by atoms with van der Waals surface area (Å²) in [5, 5.41) is 0. The predicted octanol–water partition coefficient (Wildman–Crippen LogP) is 0.111. The van der Waals surface area contributed by atoms with Crippen LogP contribution in [0.1, 0.15) is 39.0 Å². The first kappa shape index (κ1) is 15.6. The summed E-state index contributed by atoms with van der Waals surface area (Å²) in [4.78, 5) is 37.6. The Bertz CT molecular complexity index is 333. The van der Waals surface area contributed by atoms with E-state index < -0.39 is 11.8 Å². The van der Waals surface area contributed by atoms with Gasteiger partial charge in [0, 0.05) is 19.1 Å². The summed E-state index contributed by atoms with van der Waals surface area (Å²) < 4.78 is 0. The molecule has 1 heterocycles. The van der Waals surface area contributed by atoms with Gasteiger partial charge in [-0.25, -0.2) is 0 Å². The Morgan fingerprint density at radius 1 is 1.42 bits per heavy atom. The van der Waals surface area contributed by atoms with Crippen molar-refractivity contribution in [3.8, 4) is 0 Å². The van der Waals surface area contributed by atoms with E-state index in [1.165, 1.54) is 0 Å². The number of amides is 3. The molecule has 0 bridgehead atoms. The first-order chi connectivity index (χ1) is 9.15. The van der Waals surface area contributed by atoms with Crippen LogP contribution in [0.4, 0.5) is 0 Å². The van der Waals surface area contributed by atoms with Gasteiger partial charge < -0.3 is 10.6 Å². The smallest absolute Gasteiger partial charge is 0.318 e. The summed E-state index contributed by atoms with van der Waals surface area (Å²) in [6, 6.07) is 0.119. The maximum atomic E-state index is 12.2. The number of hydrogen-bond acceptors (Lipinski definition) is 4. The Labute approximate surface area is 113 Å². The van der Waals surface area contributed by atoms with Gasteiger partial charge in [-0.05, 0) is 38.6 Å². The minimum Gasteiger partial charge on any atom is -0.331 e. The quantitative estimate of drug-likeness (QED) is 0.567. The third-order valence-corrected chi connectivity index (χ3v) is 3.53. The Morgan fingerprint density at radius 2 is 2.16 bits per heavy atom. The lowest BCUT2D eigenvalue weighted by Gasteiger charge is -2.35. The molecule has 1 fully saturated rings. The fourth-order valence-electron chi connectivity index (χ4n) is 2.40. The fraction of sp³-hybridized carbons (Fsp3) is 0.769. The van der Waals surface area contributed by atoms with Crippen LogP contribution in [0.25, 0.3) is 0 Å². The van der Waals surface area contributed by atoms with Crippen molar-refractivity contribution < 1.29 is 14.4 Å². The molecule has 0 aromatic rings. The number of piperidine rings is 1. The van der Waals surface area contributed by atoms with Crippen LogP contribution in [-0.2, 0) is 14.4 Å². The lowest BCUT2D eigenvalue weighted by molar-refractivity contribution is -0.156. The zero-order chi connectivity index (χ0) is 14.3. The van der Waals surface area contributed by atoms with Gasteiger partial charge >= 0.3 is 11.8 Å². The van der Waals surface area contributed by atoms with Crippen LogP contribution < -0.4 is 5.73 Å². The van der Waals surface area contributed by atoms with Crippen molar-refractivity contribution in [3.05, 3.63) is 0 Å². The van der Waals surface area contributed by atoms with Crippen LogP contribution >= 0.6 is 0 Å². The highest BCUT2D eigenvalue weighted by Gasteiger charge is 2.32. The molecule has 6 heteroatoms. The Hall–Kier alpha value is -1.43. The van der Waals surface area contributed by atoms with Crippen molar-refractivity contribution >= 4 is 18.2 Å². The molecule has 0 aliphatic carbocycles. The maximum Gasteiger partial charge on any atom is 0.318 e. The largest absolute Gasteiger partial charge is 0.331 e. The molecule has 1 saturated heterocycles. The van der Waals surface area contributed by atoms with E-state index in [0.717, 1.165) is 30.6 Å². The molecule has 2 N–H and O–H groups in total. The second-order valence-corrected chi connectivity index (χ2v) is 4.80. The van der Waals surface area contributed by atoms with E-state index in [2.05, 4.69) is 0 Å². The predicted molar refractivity (Wildman–Crippen MR) is 71.1 cm³/mol. The summed E-state index contributed by atoms with van der Waals surface area (Å²) in [5.74, 6) is -1.29. The second-order valence-electron chi connectivity index (χ2n) is 4.80. The highest BCUT2D eigenvalue weighted by Crippen LogP contribution is 2.19. The fourth-order valence-corrected chi connectivity index (χ4v) is 2.40. The molecule has 0 radical (unpaired) electrons. The molecule has 1 aliphatic heterocycles. The zero-order valence-electron chi connectivity index (χ0n) is 11.5. The van der Waals surface area contributed by atoms with Gasteiger partial charge in [0.25, 0.3) is 0 Å². The zero-order valence-corrected chi connectivity index (χ0v) is 11.5. The summed E-state index contributed by atoms with van der Waals surface area (Å²) in [6.45, 7) is 3.20. The number of imide groups is 1. The van der Waals surface area contributed by atoms with E-state index in [-0.39, 0.29) is 12.6 Å². The van der Waals surface area contributed by atoms with Crippen molar-refractivity contribution in [3.63, 3.8) is 0 Å². The van der Waals surface area contributed by atoms with E-state index in [0.29, 0.717) is 25.9 Å². The minimum atomic E-state index is -0.733. The number of rotatable bonds is 5. The lowest BCUT2D eigenvalue weighted by Crippen LogP contribution is -2.51. The average molecular weight is 269 g/mol. The number of likely N-dealkylation sites (tertiary alicyclic amines) is 1. The third kappa shape index (κ3) is 4.02. The standard InChI is InChI=1S/C13H23N3O3/c1-2-11-6-3-4-9-16(11)13(19)12(18)15(10-17)8-5-7-14/h10-11H,2-9,14H2,1H3. The van der Waals surface area contributed by atoms with Crippen molar-refractivity contribution in [1.82, 2.24) is 9.80 Å². The van der Waals surface area contributed by atoms with E-state index in [9.17, 15) is 14.4 Å². The molecule has 1 rings (SSSR count). The molecular weight excluding hydrogens is 246 g/mol. The molecule has 0 aromatic heterocycles. The molecule has 0 spiro atoms. The van der Waals surface area contributed by atoms with Crippen LogP contribution in [0.15, 0.2) is 0 Å². The topological polar surface area (TPSA) is 83.7 Å². The third-order valence-electron chi connectivity index (χ3n) is 3.53. The maximum absolute atomic E-state index is 12.2. The molecule has 1 unspecified atom stereocenters. The number of nitrogens with two attached hydrogens (primary N) is 1. The molecule has 108 valence electrons. The lowest BCUT2D eigenvalue weighted by atomic mass is 10.00. The number of carbonyl (C=O) groups is 3. The van der Waals surface area contributed by atoms with Crippen LogP contribution in [0.3, 0.4) is 0 Å². The van der Waals surface area contributed by atoms with Crippen LogP contribution in [0, 0.1) is 0 Å². The summed E-state index contributed by atoms with van der Waals surface area (Å²) >= 11 is 0. The van der Waals surface area contributed by atoms with Crippen molar-refractivity contribution in [2.75, 3.05) is 19.6 Å². The molecular formula is C13H23N3O3. The first-order valence-electron chi connectivity index (χ1n) is 6.92. The first-order valence-corrected chi connectivity index (χ1v) is 6.92. The monoisotopic (exact) mass is 269 g/mol. The summed E-state index contributed by atoms with van der Waals surface area (Å²) in [7, 11) is 0. The molecule has 1 aliphatic rings. The molecule has 19 heavy (non-hydrogen) atoms. The van der Waals surface area contributed by atoms with Crippen molar-refractivity contribution in [2.24, 2.45) is 5.73 Å². The highest BCUT2D eigenvalue weighted by atomic mass is 16.2. The number of hydrogen-bond donors (Lipinski definition) is 1. The van der Waals surface area contributed by atoms with Crippen molar-refractivity contribution in [1.29, 1.82) is 0 Å². The van der Waals surface area contributed by atoms with E-state index in [1.54, 1.807) is 4.90 Å². The Balaban J connectivity index is 2.68. The molecule has 0 aromatic carbocycles. The summed E-state index contributed by atoms with van der Waals surface area (Å²) in [6.07, 6.45) is 4.69. The number of carbonyl (C=O) groups excluding carboxylic acids is 3. The van der Waals surface area contributed by atoms with Crippen molar-refractivity contribution in [2.45, 2.75) is 45.1 Å². The van der Waals surface area contributed by atoms with E-state index >= 15 is 0 Å². The summed E-state index contributed by atoms with van der Waals surface area (Å²) in [5.41, 5.74) is 5.34. The van der Waals surface area contributed by atoms with Gasteiger partial charge in [-0.15, -0.1) is 0 Å². The van der Waals surface area contributed by atoms with Gasteiger partial charge in [0.1, 0.15) is 0 Å². The average Bonchev–Trinajstić information content (AvgIpc) is 2.46. The normalized spacial score (nSPS) is 19.1. The van der Waals surface area contributed by atoms with Gasteiger partial charge in [0.15, 0.2) is 0 Å². The van der Waals surface area contributed by atoms with Crippen LogP contribution in [0.5, 0.6) is 0 Å². The van der Waals surface area contributed by atoms with Crippen LogP contribution in [-0.4, -0.2) is 53.7 Å². The second kappa shape index (κ2) is 7.89. The van der Waals surface area contributed by atoms with E-state index in [1.807, 2.05) is 6.92 Å². The molecule has 6 nitrogen and oxygen atoms in total. The van der Waals surface area contributed by atoms with E-state index in [4.69, 9.17) is 5.73 Å². The molecule has 0 saturated carbocycles. The number of nitrogens with zero attached hydrogens (tertiary/aromatic N) is 2. The van der Waals surface area contributed by atoms with Gasteiger partial charge in [0.05, 0.1) is 0 Å². The van der Waals surface area contributed by atoms with Gasteiger partial charge in [-0.3, -0.25) is 19.3 Å². The Kier molecular flexibility index (Phi) is 6.49. The van der Waals surface area contributed by atoms with Crippen LogP contribution in [0.2, 0.25) is 0 Å². The SMILES string of the molecule is CCC1CCCCN1C(=O)C(=O)N(C=O)CCCN. The van der Waals surface area contributed by atoms with Gasteiger partial charge in [0.2, 0.25) is 6.41 Å². The Morgan fingerprint density at radius 3 is 2.74 bits per heavy atom. The molecule has 3 amide bonds. The van der Waals surface area contributed by atoms with Gasteiger partial charge in [-0.1, -0.05) is 6.92 Å². The van der Waals surface area contributed by atoms with Gasteiger partial charge in [-0.2, -0.15) is 0 Å². The minimum absolute atomic E-state index is 0.119. The molecule has 1 atom stereocenters. The highest BCUT2D eigenvalue weighted by molar-refractivity contribution is 6.36.